The van der Waals surface area contributed by atoms with Gasteiger partial charge in [0.25, 0.3) is 0 Å². The summed E-state index contributed by atoms with van der Waals surface area (Å²) in [6, 6.07) is 28.7. The third-order valence-electron chi connectivity index (χ3n) is 6.81. The molecule has 3 aromatic carbocycles. The van der Waals surface area contributed by atoms with Gasteiger partial charge < -0.3 is 9.80 Å². The number of nitrogens with zero attached hydrogens (tertiary/aromatic N) is 3. The van der Waals surface area contributed by atoms with Crippen molar-refractivity contribution in [3.63, 3.8) is 0 Å². The average Bonchev–Trinajstić information content (AvgIpc) is 3.01. The number of anilines is 2. The first-order valence-corrected chi connectivity index (χ1v) is 12.3. The monoisotopic (exact) mass is 447 g/mol. The molecule has 0 aliphatic carbocycles. The molecule has 5 rings (SSSR count). The third-order valence-corrected chi connectivity index (χ3v) is 6.81. The van der Waals surface area contributed by atoms with E-state index in [1.807, 2.05) is 12.3 Å². The molecule has 2 heterocycles. The summed E-state index contributed by atoms with van der Waals surface area (Å²) >= 11 is 0. The van der Waals surface area contributed by atoms with Crippen LogP contribution in [-0.4, -0.2) is 37.1 Å². The SMILES string of the molecule is Cc1cccc(-c2ccc3c(c2)N(CCCN(C)C)c2ccccc2CC3)c1-c1ccccn1. The molecule has 4 aromatic rings. The van der Waals surface area contributed by atoms with Crippen molar-refractivity contribution in [1.29, 1.82) is 0 Å². The smallest absolute Gasteiger partial charge is 0.0710 e. The van der Waals surface area contributed by atoms with Crippen LogP contribution < -0.4 is 4.90 Å². The molecule has 0 N–H and O–H groups in total. The van der Waals surface area contributed by atoms with Crippen LogP contribution in [0.15, 0.2) is 85.1 Å². The molecule has 1 aromatic heterocycles. The van der Waals surface area contributed by atoms with E-state index in [0.717, 1.165) is 38.0 Å². The second-order valence-electron chi connectivity index (χ2n) is 9.49. The number of benzene rings is 3. The van der Waals surface area contributed by atoms with Crippen LogP contribution >= 0.6 is 0 Å². The summed E-state index contributed by atoms with van der Waals surface area (Å²) in [5, 5.41) is 0. The molecule has 0 atom stereocenters. The van der Waals surface area contributed by atoms with E-state index in [1.54, 1.807) is 0 Å². The summed E-state index contributed by atoms with van der Waals surface area (Å²) in [5.41, 5.74) is 11.6. The van der Waals surface area contributed by atoms with Crippen molar-refractivity contribution in [2.75, 3.05) is 32.1 Å². The number of pyridine rings is 1. The molecule has 3 nitrogen and oxygen atoms in total. The van der Waals surface area contributed by atoms with Gasteiger partial charge in [0.2, 0.25) is 0 Å². The molecule has 172 valence electrons. The first kappa shape index (κ1) is 22.4. The number of aryl methyl sites for hydroxylation is 3. The van der Waals surface area contributed by atoms with Gasteiger partial charge in [-0.25, -0.2) is 0 Å². The molecule has 3 heteroatoms. The molecule has 0 amide bonds. The van der Waals surface area contributed by atoms with Gasteiger partial charge in [0.15, 0.2) is 0 Å². The Morgan fingerprint density at radius 3 is 2.41 bits per heavy atom. The van der Waals surface area contributed by atoms with Crippen LogP contribution in [0.3, 0.4) is 0 Å². The van der Waals surface area contributed by atoms with E-state index in [1.165, 1.54) is 44.8 Å². The van der Waals surface area contributed by atoms with Crippen molar-refractivity contribution < 1.29 is 0 Å². The zero-order valence-corrected chi connectivity index (χ0v) is 20.5. The van der Waals surface area contributed by atoms with Crippen LogP contribution in [0.4, 0.5) is 11.4 Å². The molecule has 1 aliphatic rings. The molecule has 0 saturated heterocycles. The Balaban J connectivity index is 1.63. The predicted molar refractivity (Wildman–Crippen MR) is 144 cm³/mol. The van der Waals surface area contributed by atoms with Crippen molar-refractivity contribution >= 4 is 11.4 Å². The van der Waals surface area contributed by atoms with Gasteiger partial charge in [-0.1, -0.05) is 54.6 Å². The molecule has 0 unspecified atom stereocenters. The van der Waals surface area contributed by atoms with E-state index in [0.29, 0.717) is 0 Å². The number of hydrogen-bond acceptors (Lipinski definition) is 3. The highest BCUT2D eigenvalue weighted by molar-refractivity contribution is 5.86. The van der Waals surface area contributed by atoms with Gasteiger partial charge in [-0.05, 0) is 98.9 Å². The summed E-state index contributed by atoms with van der Waals surface area (Å²) in [5.74, 6) is 0. The normalized spacial score (nSPS) is 12.9. The highest BCUT2D eigenvalue weighted by atomic mass is 15.1. The number of rotatable bonds is 6. The fourth-order valence-corrected chi connectivity index (χ4v) is 5.12. The van der Waals surface area contributed by atoms with Crippen LogP contribution in [0.25, 0.3) is 22.4 Å². The van der Waals surface area contributed by atoms with E-state index < -0.39 is 0 Å². The Labute approximate surface area is 203 Å². The molecule has 0 radical (unpaired) electrons. The third kappa shape index (κ3) is 4.49. The minimum Gasteiger partial charge on any atom is -0.341 e. The Morgan fingerprint density at radius 1 is 0.824 bits per heavy atom. The van der Waals surface area contributed by atoms with Crippen molar-refractivity contribution in [3.05, 3.63) is 102 Å². The van der Waals surface area contributed by atoms with E-state index in [4.69, 9.17) is 0 Å². The van der Waals surface area contributed by atoms with Crippen molar-refractivity contribution in [1.82, 2.24) is 9.88 Å². The fourth-order valence-electron chi connectivity index (χ4n) is 5.12. The van der Waals surface area contributed by atoms with Crippen molar-refractivity contribution in [2.45, 2.75) is 26.2 Å². The first-order chi connectivity index (χ1) is 16.6. The molecule has 0 saturated carbocycles. The zero-order valence-electron chi connectivity index (χ0n) is 20.5. The predicted octanol–water partition coefficient (Wildman–Crippen LogP) is 6.91. The maximum absolute atomic E-state index is 4.69. The minimum atomic E-state index is 1.01. The topological polar surface area (TPSA) is 19.4 Å². The Bertz CT molecular complexity index is 1280. The van der Waals surface area contributed by atoms with Gasteiger partial charge in [0.05, 0.1) is 5.69 Å². The molecular weight excluding hydrogens is 414 g/mol. The maximum atomic E-state index is 4.69. The second kappa shape index (κ2) is 9.82. The van der Waals surface area contributed by atoms with E-state index in [2.05, 4.69) is 109 Å². The van der Waals surface area contributed by atoms with E-state index in [-0.39, 0.29) is 0 Å². The van der Waals surface area contributed by atoms with Crippen LogP contribution in [0, 0.1) is 6.92 Å². The summed E-state index contributed by atoms with van der Waals surface area (Å²) < 4.78 is 0. The molecular formula is C31H33N3. The van der Waals surface area contributed by atoms with Gasteiger partial charge in [-0.15, -0.1) is 0 Å². The highest BCUT2D eigenvalue weighted by Crippen LogP contribution is 2.40. The number of hydrogen-bond donors (Lipinski definition) is 0. The standard InChI is InChI=1S/C31H33N3/c1-23-10-8-12-27(31(23)28-13-6-7-19-32-28)26-18-17-25-16-15-24-11-4-5-14-29(24)34(30(25)22-26)21-9-20-33(2)3/h4-8,10-14,17-19,22H,9,15-16,20-21H2,1-3H3. The van der Waals surface area contributed by atoms with Gasteiger partial charge >= 0.3 is 0 Å². The summed E-state index contributed by atoms with van der Waals surface area (Å²) in [7, 11) is 4.30. The van der Waals surface area contributed by atoms with Crippen molar-refractivity contribution in [2.24, 2.45) is 0 Å². The number of aromatic nitrogens is 1. The van der Waals surface area contributed by atoms with Crippen LogP contribution in [0.2, 0.25) is 0 Å². The van der Waals surface area contributed by atoms with Crippen molar-refractivity contribution in [3.8, 4) is 22.4 Å². The first-order valence-electron chi connectivity index (χ1n) is 12.3. The lowest BCUT2D eigenvalue weighted by atomic mass is 9.92. The molecule has 0 fully saturated rings. The van der Waals surface area contributed by atoms with Crippen LogP contribution in [-0.2, 0) is 12.8 Å². The lowest BCUT2D eigenvalue weighted by molar-refractivity contribution is 0.402. The summed E-state index contributed by atoms with van der Waals surface area (Å²) in [4.78, 5) is 9.51. The van der Waals surface area contributed by atoms with E-state index >= 15 is 0 Å². The van der Waals surface area contributed by atoms with Gasteiger partial charge in [-0.2, -0.15) is 0 Å². The molecule has 34 heavy (non-hydrogen) atoms. The molecule has 0 bridgehead atoms. The average molecular weight is 448 g/mol. The lowest BCUT2D eigenvalue weighted by Gasteiger charge is -2.28. The van der Waals surface area contributed by atoms with E-state index in [9.17, 15) is 0 Å². The van der Waals surface area contributed by atoms with Crippen LogP contribution in [0.1, 0.15) is 23.1 Å². The molecule has 0 spiro atoms. The fraction of sp³-hybridized carbons (Fsp3) is 0.258. The number of fused-ring (bicyclic) bond motifs is 2. The van der Waals surface area contributed by atoms with Crippen LogP contribution in [0.5, 0.6) is 0 Å². The van der Waals surface area contributed by atoms with Gasteiger partial charge in [0, 0.05) is 29.7 Å². The minimum absolute atomic E-state index is 1.01. The second-order valence-corrected chi connectivity index (χ2v) is 9.49. The largest absolute Gasteiger partial charge is 0.341 e. The Hall–Kier alpha value is -3.43. The number of para-hydroxylation sites is 1. The molecule has 1 aliphatic heterocycles. The lowest BCUT2D eigenvalue weighted by Crippen LogP contribution is -2.24. The summed E-state index contributed by atoms with van der Waals surface area (Å²) in [6.07, 6.45) is 5.15. The van der Waals surface area contributed by atoms with Gasteiger partial charge in [-0.3, -0.25) is 4.98 Å². The summed E-state index contributed by atoms with van der Waals surface area (Å²) in [6.45, 7) is 4.27. The quantitative estimate of drug-likeness (QED) is 0.320. The zero-order chi connectivity index (χ0) is 23.5. The maximum Gasteiger partial charge on any atom is 0.0710 e. The highest BCUT2D eigenvalue weighted by Gasteiger charge is 2.22. The Kier molecular flexibility index (Phi) is 6.46. The Morgan fingerprint density at radius 2 is 1.62 bits per heavy atom. The van der Waals surface area contributed by atoms with Gasteiger partial charge in [0.1, 0.15) is 0 Å².